The summed E-state index contributed by atoms with van der Waals surface area (Å²) in [6.07, 6.45) is -2.44. The quantitative estimate of drug-likeness (QED) is 0.204. The fourth-order valence-electron chi connectivity index (χ4n) is 4.10. The number of piperidine rings is 2. The van der Waals surface area contributed by atoms with Crippen molar-refractivity contribution in [2.75, 3.05) is 26.2 Å². The first kappa shape index (κ1) is 31.1. The number of carbonyl (C=O) groups excluding carboxylic acids is 2. The van der Waals surface area contributed by atoms with Crippen molar-refractivity contribution in [2.24, 2.45) is 0 Å². The standard InChI is InChI=1S/C24H18F10N2O6/c25-11-13(27)17(31)21(18(32)14(11)28)39-9-1-5-35(6-2-9)41-23(37)24(38)42-36-7-3-10(4-8-36)40-22-19(33)15(29)12(26)16(30)20(22)34/h9-10H,1-8H2. The smallest absolute Gasteiger partial charge is 0.438 e. The Balaban J connectivity index is 1.22. The predicted octanol–water partition coefficient (Wildman–Crippen LogP) is 4.38. The number of nitrogens with zero attached hydrogens (tertiary/aromatic N) is 2. The van der Waals surface area contributed by atoms with Crippen molar-refractivity contribution in [3.63, 3.8) is 0 Å². The van der Waals surface area contributed by atoms with Crippen LogP contribution in [0, 0.1) is 58.2 Å². The lowest BCUT2D eigenvalue weighted by Crippen LogP contribution is -2.44. The molecule has 2 aromatic rings. The molecule has 2 aromatic carbocycles. The van der Waals surface area contributed by atoms with Gasteiger partial charge >= 0.3 is 11.9 Å². The molecule has 0 aromatic heterocycles. The number of halogens is 10. The van der Waals surface area contributed by atoms with E-state index in [0.29, 0.717) is 0 Å². The van der Waals surface area contributed by atoms with Crippen molar-refractivity contribution in [2.45, 2.75) is 37.9 Å². The van der Waals surface area contributed by atoms with Crippen LogP contribution < -0.4 is 9.47 Å². The average molecular weight is 620 g/mol. The average Bonchev–Trinajstić information content (AvgIpc) is 2.99. The first-order valence-corrected chi connectivity index (χ1v) is 12.1. The van der Waals surface area contributed by atoms with E-state index in [4.69, 9.17) is 19.1 Å². The Bertz CT molecular complexity index is 1220. The van der Waals surface area contributed by atoms with Gasteiger partial charge in [0.05, 0.1) is 0 Å². The molecule has 8 nitrogen and oxygen atoms in total. The normalized spacial score (nSPS) is 17.3. The second-order valence-corrected chi connectivity index (χ2v) is 9.05. The van der Waals surface area contributed by atoms with Crippen molar-refractivity contribution in [3.8, 4) is 11.5 Å². The summed E-state index contributed by atoms with van der Waals surface area (Å²) in [5.41, 5.74) is 0. The van der Waals surface area contributed by atoms with Crippen LogP contribution in [0.5, 0.6) is 11.5 Å². The molecule has 230 valence electrons. The molecule has 2 saturated heterocycles. The SMILES string of the molecule is O=C(ON1CCC(Oc2c(F)c(F)c(F)c(F)c2F)CC1)C(=O)ON1CCC(Oc2c(F)c(F)c(F)c(F)c2F)CC1. The minimum Gasteiger partial charge on any atom is -0.484 e. The van der Waals surface area contributed by atoms with Gasteiger partial charge in [-0.15, -0.1) is 10.1 Å². The van der Waals surface area contributed by atoms with Gasteiger partial charge in [0.15, 0.2) is 11.5 Å². The van der Waals surface area contributed by atoms with Gasteiger partial charge in [0.2, 0.25) is 58.2 Å². The Hall–Kier alpha value is -3.80. The molecule has 2 aliphatic heterocycles. The highest BCUT2D eigenvalue weighted by Gasteiger charge is 2.34. The van der Waals surface area contributed by atoms with Crippen molar-refractivity contribution < 1.29 is 72.6 Å². The summed E-state index contributed by atoms with van der Waals surface area (Å²) < 4.78 is 145. The van der Waals surface area contributed by atoms with Gasteiger partial charge in [-0.25, -0.2) is 35.9 Å². The van der Waals surface area contributed by atoms with Gasteiger partial charge in [0.25, 0.3) is 0 Å². The molecule has 18 heteroatoms. The number of ether oxygens (including phenoxy) is 2. The zero-order chi connectivity index (χ0) is 30.9. The van der Waals surface area contributed by atoms with Gasteiger partial charge in [-0.05, 0) is 0 Å². The molecule has 2 aliphatic rings. The van der Waals surface area contributed by atoms with E-state index in [9.17, 15) is 53.5 Å². The molecule has 0 N–H and O–H groups in total. The largest absolute Gasteiger partial charge is 0.484 e. The van der Waals surface area contributed by atoms with Gasteiger partial charge < -0.3 is 19.1 Å². The fourth-order valence-corrected chi connectivity index (χ4v) is 4.10. The molecular formula is C24H18F10N2O6. The number of carbonyl (C=O) groups is 2. The van der Waals surface area contributed by atoms with Crippen molar-refractivity contribution >= 4 is 11.9 Å². The molecule has 0 bridgehead atoms. The highest BCUT2D eigenvalue weighted by atomic mass is 19.2. The van der Waals surface area contributed by atoms with Crippen molar-refractivity contribution in [3.05, 3.63) is 58.2 Å². The summed E-state index contributed by atoms with van der Waals surface area (Å²) in [5, 5.41) is 1.96. The summed E-state index contributed by atoms with van der Waals surface area (Å²) in [4.78, 5) is 33.9. The molecule has 4 rings (SSSR count). The molecule has 2 fully saturated rings. The lowest BCUT2D eigenvalue weighted by molar-refractivity contribution is -0.224. The third kappa shape index (κ3) is 6.33. The zero-order valence-corrected chi connectivity index (χ0v) is 20.9. The van der Waals surface area contributed by atoms with Crippen molar-refractivity contribution in [1.29, 1.82) is 0 Å². The molecule has 0 amide bonds. The highest BCUT2D eigenvalue weighted by Crippen LogP contribution is 2.32. The summed E-state index contributed by atoms with van der Waals surface area (Å²) >= 11 is 0. The Morgan fingerprint density at radius 2 is 0.690 bits per heavy atom. The summed E-state index contributed by atoms with van der Waals surface area (Å²) in [6.45, 7) is -0.613. The van der Waals surface area contributed by atoms with E-state index in [1.165, 1.54) is 0 Å². The van der Waals surface area contributed by atoms with Crippen LogP contribution in [0.15, 0.2) is 0 Å². The van der Waals surface area contributed by atoms with Crippen LogP contribution in [0.1, 0.15) is 25.7 Å². The molecule has 0 saturated carbocycles. The van der Waals surface area contributed by atoms with E-state index in [1.807, 2.05) is 0 Å². The molecular weight excluding hydrogens is 602 g/mol. The van der Waals surface area contributed by atoms with Gasteiger partial charge in [0.1, 0.15) is 12.2 Å². The van der Waals surface area contributed by atoms with E-state index < -0.39 is 93.8 Å². The second-order valence-electron chi connectivity index (χ2n) is 9.05. The maximum absolute atomic E-state index is 13.8. The molecule has 0 radical (unpaired) electrons. The van der Waals surface area contributed by atoms with Gasteiger partial charge in [-0.3, -0.25) is 0 Å². The van der Waals surface area contributed by atoms with Crippen LogP contribution in [-0.4, -0.2) is 60.5 Å². The predicted molar refractivity (Wildman–Crippen MR) is 115 cm³/mol. The first-order valence-electron chi connectivity index (χ1n) is 12.1. The summed E-state index contributed by atoms with van der Waals surface area (Å²) in [5.74, 6) is -27.8. The molecule has 0 unspecified atom stereocenters. The number of hydroxylamine groups is 4. The fraction of sp³-hybridized carbons (Fsp3) is 0.417. The third-order valence-corrected chi connectivity index (χ3v) is 6.30. The number of hydrogen-bond donors (Lipinski definition) is 0. The molecule has 2 heterocycles. The monoisotopic (exact) mass is 620 g/mol. The Labute approximate surface area is 229 Å². The van der Waals surface area contributed by atoms with Crippen LogP contribution >= 0.6 is 0 Å². The van der Waals surface area contributed by atoms with E-state index in [-0.39, 0.29) is 51.9 Å². The summed E-state index contributed by atoms with van der Waals surface area (Å²) in [7, 11) is 0. The van der Waals surface area contributed by atoms with Crippen LogP contribution in [0.4, 0.5) is 43.9 Å². The Kier molecular flexibility index (Phi) is 9.34. The van der Waals surface area contributed by atoms with Crippen LogP contribution in [-0.2, 0) is 19.3 Å². The number of rotatable bonds is 6. The maximum Gasteiger partial charge on any atom is 0.438 e. The van der Waals surface area contributed by atoms with E-state index in [0.717, 1.165) is 10.1 Å². The minimum atomic E-state index is -2.34. The number of hydrogen-bond acceptors (Lipinski definition) is 8. The van der Waals surface area contributed by atoms with Crippen molar-refractivity contribution in [1.82, 2.24) is 10.1 Å². The third-order valence-electron chi connectivity index (χ3n) is 6.30. The zero-order valence-electron chi connectivity index (χ0n) is 20.9. The van der Waals surface area contributed by atoms with Crippen LogP contribution in [0.3, 0.4) is 0 Å². The van der Waals surface area contributed by atoms with E-state index in [1.54, 1.807) is 0 Å². The lowest BCUT2D eigenvalue weighted by atomic mass is 10.1. The highest BCUT2D eigenvalue weighted by molar-refractivity contribution is 6.29. The summed E-state index contributed by atoms with van der Waals surface area (Å²) in [6, 6.07) is 0. The first-order chi connectivity index (χ1) is 19.8. The second kappa shape index (κ2) is 12.6. The number of benzene rings is 2. The van der Waals surface area contributed by atoms with E-state index in [2.05, 4.69) is 0 Å². The lowest BCUT2D eigenvalue weighted by Gasteiger charge is -2.32. The molecule has 42 heavy (non-hydrogen) atoms. The van der Waals surface area contributed by atoms with Gasteiger partial charge in [-0.1, -0.05) is 0 Å². The minimum absolute atomic E-state index is 0.0988. The molecule has 0 atom stereocenters. The Morgan fingerprint density at radius 3 is 0.952 bits per heavy atom. The maximum atomic E-state index is 13.8. The van der Waals surface area contributed by atoms with Crippen LogP contribution in [0.25, 0.3) is 0 Å². The van der Waals surface area contributed by atoms with Gasteiger partial charge in [-0.2, -0.15) is 17.6 Å². The van der Waals surface area contributed by atoms with Gasteiger partial charge in [0, 0.05) is 51.9 Å². The van der Waals surface area contributed by atoms with Crippen LogP contribution in [0.2, 0.25) is 0 Å². The molecule has 0 aliphatic carbocycles. The Morgan fingerprint density at radius 1 is 0.452 bits per heavy atom. The topological polar surface area (TPSA) is 77.5 Å². The van der Waals surface area contributed by atoms with E-state index >= 15 is 0 Å². The molecule has 0 spiro atoms.